The largest absolute Gasteiger partial charge is 0.488 e. The first-order chi connectivity index (χ1) is 18.2. The summed E-state index contributed by atoms with van der Waals surface area (Å²) in [5, 5.41) is 8.64. The minimum atomic E-state index is -4.55. The second-order valence-electron chi connectivity index (χ2n) is 8.21. The van der Waals surface area contributed by atoms with Crippen LogP contribution in [0.3, 0.4) is 0 Å². The molecule has 0 fully saturated rings. The van der Waals surface area contributed by atoms with Crippen LogP contribution in [0.25, 0.3) is 10.8 Å². The van der Waals surface area contributed by atoms with Crippen LogP contribution >= 0.6 is 11.6 Å². The zero-order valence-electron chi connectivity index (χ0n) is 19.8. The number of hydrazone groups is 1. The van der Waals surface area contributed by atoms with E-state index in [2.05, 4.69) is 15.8 Å². The van der Waals surface area contributed by atoms with Crippen molar-refractivity contribution >= 4 is 46.1 Å². The number of nitrogens with zero attached hydrogens (tertiary/aromatic N) is 1. The number of ether oxygens (including phenoxy) is 1. The van der Waals surface area contributed by atoms with Gasteiger partial charge in [-0.3, -0.25) is 9.59 Å². The molecule has 6 nitrogen and oxygen atoms in total. The highest BCUT2D eigenvalue weighted by molar-refractivity contribution is 6.30. The fourth-order valence-electron chi connectivity index (χ4n) is 3.61. The first kappa shape index (κ1) is 26.7. The summed E-state index contributed by atoms with van der Waals surface area (Å²) in [5.41, 5.74) is 2.82. The Morgan fingerprint density at radius 2 is 1.68 bits per heavy atom. The fraction of sp³-hybridized carbons (Fsp3) is 0.107. The van der Waals surface area contributed by atoms with Gasteiger partial charge in [-0.05, 0) is 52.7 Å². The lowest BCUT2D eigenvalue weighted by Gasteiger charge is -2.12. The molecule has 0 bridgehead atoms. The summed E-state index contributed by atoms with van der Waals surface area (Å²) in [6, 6.07) is 22.6. The van der Waals surface area contributed by atoms with Crippen LogP contribution in [0.1, 0.15) is 23.1 Å². The zero-order chi connectivity index (χ0) is 27.1. The molecule has 0 saturated heterocycles. The molecule has 2 amide bonds. The van der Waals surface area contributed by atoms with Gasteiger partial charge in [0.25, 0.3) is 0 Å². The van der Waals surface area contributed by atoms with Crippen LogP contribution in [0, 0.1) is 0 Å². The number of hydrogen-bond acceptors (Lipinski definition) is 4. The molecule has 194 valence electrons. The van der Waals surface area contributed by atoms with Gasteiger partial charge in [-0.15, -0.1) is 0 Å². The summed E-state index contributed by atoms with van der Waals surface area (Å²) in [6.07, 6.45) is -3.77. The maximum atomic E-state index is 12.9. The molecular weight excluding hydrogens is 519 g/mol. The van der Waals surface area contributed by atoms with E-state index in [0.717, 1.165) is 28.5 Å². The van der Waals surface area contributed by atoms with E-state index in [1.54, 1.807) is 18.2 Å². The lowest BCUT2D eigenvalue weighted by molar-refractivity contribution is -0.137. The van der Waals surface area contributed by atoms with Crippen LogP contribution in [-0.4, -0.2) is 18.0 Å². The van der Waals surface area contributed by atoms with Gasteiger partial charge < -0.3 is 10.1 Å². The Labute approximate surface area is 221 Å². The van der Waals surface area contributed by atoms with Crippen molar-refractivity contribution in [3.63, 3.8) is 0 Å². The SMILES string of the molecule is O=C(CC(=O)Nc1cccc(C(F)(F)F)c1)NN=Cc1c(OCc2ccc(Cl)cc2)ccc2ccccc12. The number of carbonyl (C=O) groups is 2. The summed E-state index contributed by atoms with van der Waals surface area (Å²) in [4.78, 5) is 24.4. The van der Waals surface area contributed by atoms with E-state index in [1.165, 1.54) is 18.3 Å². The first-order valence-electron chi connectivity index (χ1n) is 11.4. The highest BCUT2D eigenvalue weighted by Gasteiger charge is 2.30. The molecule has 4 rings (SSSR count). The highest BCUT2D eigenvalue weighted by atomic mass is 35.5. The minimum Gasteiger partial charge on any atom is -0.488 e. The van der Waals surface area contributed by atoms with Gasteiger partial charge in [0, 0.05) is 16.3 Å². The lowest BCUT2D eigenvalue weighted by Crippen LogP contribution is -2.24. The average Bonchev–Trinajstić information content (AvgIpc) is 2.88. The Kier molecular flexibility index (Phi) is 8.28. The van der Waals surface area contributed by atoms with Crippen LogP contribution in [0.4, 0.5) is 18.9 Å². The molecule has 0 aliphatic heterocycles. The number of fused-ring (bicyclic) bond motifs is 1. The summed E-state index contributed by atoms with van der Waals surface area (Å²) in [7, 11) is 0. The number of hydrogen-bond donors (Lipinski definition) is 2. The normalized spacial score (nSPS) is 11.5. The Balaban J connectivity index is 1.42. The number of amides is 2. The number of alkyl halides is 3. The van der Waals surface area contributed by atoms with Crippen LogP contribution in [0.2, 0.25) is 5.02 Å². The number of benzene rings is 4. The monoisotopic (exact) mass is 539 g/mol. The zero-order valence-corrected chi connectivity index (χ0v) is 20.5. The fourth-order valence-corrected chi connectivity index (χ4v) is 3.73. The molecule has 0 aliphatic carbocycles. The van der Waals surface area contributed by atoms with Crippen LogP contribution in [0.15, 0.2) is 90.0 Å². The van der Waals surface area contributed by atoms with Crippen molar-refractivity contribution in [1.82, 2.24) is 5.43 Å². The van der Waals surface area contributed by atoms with Gasteiger partial charge in [0.2, 0.25) is 11.8 Å². The quantitative estimate of drug-likeness (QED) is 0.151. The van der Waals surface area contributed by atoms with E-state index in [4.69, 9.17) is 16.3 Å². The van der Waals surface area contributed by atoms with E-state index >= 15 is 0 Å². The van der Waals surface area contributed by atoms with Crippen molar-refractivity contribution in [2.45, 2.75) is 19.2 Å². The summed E-state index contributed by atoms with van der Waals surface area (Å²) < 4.78 is 44.6. The van der Waals surface area contributed by atoms with Crippen LogP contribution in [-0.2, 0) is 22.4 Å². The third-order valence-electron chi connectivity index (χ3n) is 5.42. The third kappa shape index (κ3) is 7.10. The van der Waals surface area contributed by atoms with Crippen LogP contribution < -0.4 is 15.5 Å². The van der Waals surface area contributed by atoms with E-state index < -0.39 is 30.0 Å². The molecule has 10 heteroatoms. The predicted molar refractivity (Wildman–Crippen MR) is 140 cm³/mol. The number of anilines is 1. The maximum Gasteiger partial charge on any atom is 0.416 e. The van der Waals surface area contributed by atoms with E-state index in [1.807, 2.05) is 42.5 Å². The molecule has 38 heavy (non-hydrogen) atoms. The van der Waals surface area contributed by atoms with Crippen molar-refractivity contribution < 1.29 is 27.5 Å². The standard InChI is InChI=1S/C28H21ClF3N3O3/c29-21-11-8-18(9-12-21)17-38-25-13-10-19-4-1-2-7-23(19)24(25)16-33-35-27(37)15-26(36)34-22-6-3-5-20(14-22)28(30,31)32/h1-14,16H,15,17H2,(H,34,36)(H,35,37). The number of rotatable bonds is 8. The molecule has 0 atom stereocenters. The molecule has 0 saturated carbocycles. The third-order valence-corrected chi connectivity index (χ3v) is 5.67. The molecule has 0 aliphatic rings. The van der Waals surface area contributed by atoms with Gasteiger partial charge in [0.05, 0.1) is 11.8 Å². The lowest BCUT2D eigenvalue weighted by atomic mass is 10.0. The van der Waals surface area contributed by atoms with Crippen LogP contribution in [0.5, 0.6) is 5.75 Å². The molecular formula is C28H21ClF3N3O3. The summed E-state index contributed by atoms with van der Waals surface area (Å²) >= 11 is 5.94. The number of carbonyl (C=O) groups excluding carboxylic acids is 2. The molecule has 0 spiro atoms. The van der Waals surface area contributed by atoms with Gasteiger partial charge in [-0.2, -0.15) is 18.3 Å². The average molecular weight is 540 g/mol. The van der Waals surface area contributed by atoms with Gasteiger partial charge in [0.1, 0.15) is 18.8 Å². The van der Waals surface area contributed by atoms with Gasteiger partial charge in [-0.25, -0.2) is 5.43 Å². The Bertz CT molecular complexity index is 1490. The topological polar surface area (TPSA) is 79.8 Å². The van der Waals surface area contributed by atoms with E-state index in [-0.39, 0.29) is 12.3 Å². The number of nitrogens with one attached hydrogen (secondary N) is 2. The van der Waals surface area contributed by atoms with Crippen molar-refractivity contribution in [3.05, 3.63) is 107 Å². The molecule has 0 heterocycles. The molecule has 4 aromatic carbocycles. The van der Waals surface area contributed by atoms with Gasteiger partial charge in [-0.1, -0.05) is 60.1 Å². The number of halogens is 4. The van der Waals surface area contributed by atoms with Crippen molar-refractivity contribution in [2.24, 2.45) is 5.10 Å². The van der Waals surface area contributed by atoms with E-state index in [9.17, 15) is 22.8 Å². The Hall–Kier alpha value is -4.37. The van der Waals surface area contributed by atoms with Gasteiger partial charge >= 0.3 is 6.18 Å². The van der Waals surface area contributed by atoms with Gasteiger partial charge in [0.15, 0.2) is 0 Å². The highest BCUT2D eigenvalue weighted by Crippen LogP contribution is 2.31. The molecule has 0 radical (unpaired) electrons. The van der Waals surface area contributed by atoms with Crippen molar-refractivity contribution in [2.75, 3.05) is 5.32 Å². The summed E-state index contributed by atoms with van der Waals surface area (Å²) in [5.74, 6) is -0.997. The molecule has 4 aromatic rings. The minimum absolute atomic E-state index is 0.0700. The Morgan fingerprint density at radius 3 is 2.45 bits per heavy atom. The summed E-state index contributed by atoms with van der Waals surface area (Å²) in [6.45, 7) is 0.276. The Morgan fingerprint density at radius 1 is 0.921 bits per heavy atom. The smallest absolute Gasteiger partial charge is 0.416 e. The molecule has 2 N–H and O–H groups in total. The second-order valence-corrected chi connectivity index (χ2v) is 8.65. The van der Waals surface area contributed by atoms with Crippen molar-refractivity contribution in [1.29, 1.82) is 0 Å². The maximum absolute atomic E-state index is 12.9. The molecule has 0 aromatic heterocycles. The van der Waals surface area contributed by atoms with E-state index in [0.29, 0.717) is 16.3 Å². The molecule has 0 unspecified atom stereocenters. The van der Waals surface area contributed by atoms with Crippen molar-refractivity contribution in [3.8, 4) is 5.75 Å². The second kappa shape index (κ2) is 11.8. The predicted octanol–water partition coefficient (Wildman–Crippen LogP) is 6.57. The first-order valence-corrected chi connectivity index (χ1v) is 11.7.